The summed E-state index contributed by atoms with van der Waals surface area (Å²) in [6.45, 7) is 8.26. The van der Waals surface area contributed by atoms with Crippen LogP contribution in [-0.4, -0.2) is 60.6 Å². The SMILES string of the molecule is CCOc1ncccc1CNC(=NC)N1CCN(Cc2ccccc2)CC1. The average molecular weight is 367 g/mol. The third kappa shape index (κ3) is 5.44. The van der Waals surface area contributed by atoms with Gasteiger partial charge in [-0.15, -0.1) is 0 Å². The topological polar surface area (TPSA) is 53.0 Å². The van der Waals surface area contributed by atoms with Gasteiger partial charge in [-0.1, -0.05) is 36.4 Å². The minimum absolute atomic E-state index is 0.613. The number of piperazine rings is 1. The van der Waals surface area contributed by atoms with E-state index in [2.05, 4.69) is 55.4 Å². The number of pyridine rings is 1. The molecule has 3 rings (SSSR count). The fourth-order valence-electron chi connectivity index (χ4n) is 3.29. The van der Waals surface area contributed by atoms with Crippen LogP contribution in [0.4, 0.5) is 0 Å². The van der Waals surface area contributed by atoms with Gasteiger partial charge in [0.05, 0.1) is 6.61 Å². The zero-order valence-corrected chi connectivity index (χ0v) is 16.3. The molecule has 0 radical (unpaired) electrons. The Bertz CT molecular complexity index is 726. The summed E-state index contributed by atoms with van der Waals surface area (Å²) in [5.41, 5.74) is 2.41. The van der Waals surface area contributed by atoms with Crippen LogP contribution < -0.4 is 10.1 Å². The lowest BCUT2D eigenvalue weighted by Gasteiger charge is -2.36. The quantitative estimate of drug-likeness (QED) is 0.628. The molecule has 144 valence electrons. The van der Waals surface area contributed by atoms with Crippen molar-refractivity contribution in [3.05, 3.63) is 59.8 Å². The molecule has 2 aromatic rings. The van der Waals surface area contributed by atoms with Crippen LogP contribution in [0.3, 0.4) is 0 Å². The van der Waals surface area contributed by atoms with Crippen molar-refractivity contribution in [2.45, 2.75) is 20.0 Å². The highest BCUT2D eigenvalue weighted by molar-refractivity contribution is 5.80. The lowest BCUT2D eigenvalue weighted by molar-refractivity contribution is 0.172. The first-order valence-electron chi connectivity index (χ1n) is 9.58. The number of nitrogens with zero attached hydrogens (tertiary/aromatic N) is 4. The molecule has 6 heteroatoms. The van der Waals surface area contributed by atoms with Gasteiger partial charge in [0, 0.05) is 58.1 Å². The van der Waals surface area contributed by atoms with Crippen LogP contribution in [0.15, 0.2) is 53.7 Å². The number of rotatable bonds is 6. The molecule has 2 heterocycles. The normalized spacial score (nSPS) is 15.6. The summed E-state index contributed by atoms with van der Waals surface area (Å²) in [6.07, 6.45) is 1.76. The van der Waals surface area contributed by atoms with Gasteiger partial charge < -0.3 is 15.0 Å². The molecule has 0 saturated carbocycles. The van der Waals surface area contributed by atoms with Gasteiger partial charge in [-0.05, 0) is 18.6 Å². The van der Waals surface area contributed by atoms with E-state index in [-0.39, 0.29) is 0 Å². The van der Waals surface area contributed by atoms with Crippen molar-refractivity contribution in [1.29, 1.82) is 0 Å². The van der Waals surface area contributed by atoms with Crippen LogP contribution in [-0.2, 0) is 13.1 Å². The molecular formula is C21H29N5O. The van der Waals surface area contributed by atoms with Crippen molar-refractivity contribution < 1.29 is 4.74 Å². The van der Waals surface area contributed by atoms with Gasteiger partial charge in [0.15, 0.2) is 5.96 Å². The molecule has 27 heavy (non-hydrogen) atoms. The van der Waals surface area contributed by atoms with Crippen LogP contribution in [0.5, 0.6) is 5.88 Å². The van der Waals surface area contributed by atoms with Crippen molar-refractivity contribution in [2.24, 2.45) is 4.99 Å². The number of hydrogen-bond acceptors (Lipinski definition) is 4. The van der Waals surface area contributed by atoms with E-state index in [0.717, 1.165) is 44.2 Å². The summed E-state index contributed by atoms with van der Waals surface area (Å²) < 4.78 is 5.61. The Hall–Kier alpha value is -2.60. The Kier molecular flexibility index (Phi) is 7.04. The fraction of sp³-hybridized carbons (Fsp3) is 0.429. The molecule has 0 unspecified atom stereocenters. The summed E-state index contributed by atoms with van der Waals surface area (Å²) in [7, 11) is 1.84. The van der Waals surface area contributed by atoms with Crippen molar-refractivity contribution in [3.8, 4) is 5.88 Å². The zero-order valence-electron chi connectivity index (χ0n) is 16.3. The van der Waals surface area contributed by atoms with E-state index in [9.17, 15) is 0 Å². The Balaban J connectivity index is 1.51. The first kappa shape index (κ1) is 19.2. The number of benzene rings is 1. The van der Waals surface area contributed by atoms with E-state index in [1.807, 2.05) is 26.1 Å². The molecule has 0 atom stereocenters. The lowest BCUT2D eigenvalue weighted by Crippen LogP contribution is -2.52. The van der Waals surface area contributed by atoms with Gasteiger partial charge in [-0.25, -0.2) is 4.98 Å². The molecule has 1 aliphatic rings. The standard InChI is InChI=1S/C21H29N5O/c1-3-27-20-19(10-7-11-23-20)16-24-21(22-2)26-14-12-25(13-15-26)17-18-8-5-4-6-9-18/h4-11H,3,12-17H2,1-2H3,(H,22,24). The van der Waals surface area contributed by atoms with Crippen LogP contribution in [0.25, 0.3) is 0 Å². The predicted molar refractivity (Wildman–Crippen MR) is 109 cm³/mol. The zero-order chi connectivity index (χ0) is 18.9. The Morgan fingerprint density at radius 3 is 2.59 bits per heavy atom. The maximum Gasteiger partial charge on any atom is 0.218 e. The molecule has 1 aromatic heterocycles. The Morgan fingerprint density at radius 1 is 1.11 bits per heavy atom. The predicted octanol–water partition coefficient (Wildman–Crippen LogP) is 2.37. The number of aliphatic imine (C=N–C) groups is 1. The number of hydrogen-bond donors (Lipinski definition) is 1. The molecule has 1 saturated heterocycles. The molecule has 1 fully saturated rings. The summed E-state index contributed by atoms with van der Waals surface area (Å²) in [4.78, 5) is 13.6. The fourth-order valence-corrected chi connectivity index (χ4v) is 3.29. The highest BCUT2D eigenvalue weighted by Gasteiger charge is 2.19. The van der Waals surface area contributed by atoms with Crippen molar-refractivity contribution >= 4 is 5.96 Å². The van der Waals surface area contributed by atoms with Gasteiger partial charge in [-0.2, -0.15) is 0 Å². The second kappa shape index (κ2) is 9.92. The second-order valence-corrected chi connectivity index (χ2v) is 6.55. The van der Waals surface area contributed by atoms with Crippen molar-refractivity contribution in [2.75, 3.05) is 39.8 Å². The third-order valence-electron chi connectivity index (χ3n) is 4.70. The lowest BCUT2D eigenvalue weighted by atomic mass is 10.2. The van der Waals surface area contributed by atoms with Gasteiger partial charge in [0.25, 0.3) is 0 Å². The van der Waals surface area contributed by atoms with Gasteiger partial charge in [-0.3, -0.25) is 9.89 Å². The molecule has 0 spiro atoms. The van der Waals surface area contributed by atoms with Crippen LogP contribution in [0.2, 0.25) is 0 Å². The Labute approximate surface area is 161 Å². The monoisotopic (exact) mass is 367 g/mol. The van der Waals surface area contributed by atoms with Crippen LogP contribution in [0, 0.1) is 0 Å². The van der Waals surface area contributed by atoms with E-state index in [1.54, 1.807) is 6.20 Å². The van der Waals surface area contributed by atoms with Crippen LogP contribution >= 0.6 is 0 Å². The van der Waals surface area contributed by atoms with Gasteiger partial charge >= 0.3 is 0 Å². The molecular weight excluding hydrogens is 338 g/mol. The largest absolute Gasteiger partial charge is 0.478 e. The average Bonchev–Trinajstić information content (AvgIpc) is 2.72. The summed E-state index contributed by atoms with van der Waals surface area (Å²) in [5.74, 6) is 1.62. The smallest absolute Gasteiger partial charge is 0.218 e. The molecule has 0 amide bonds. The van der Waals surface area contributed by atoms with Gasteiger partial charge in [0.1, 0.15) is 0 Å². The first-order chi connectivity index (χ1) is 13.3. The summed E-state index contributed by atoms with van der Waals surface area (Å²) in [5, 5.41) is 3.46. The number of aromatic nitrogens is 1. The maximum atomic E-state index is 5.61. The molecule has 0 bridgehead atoms. The van der Waals surface area contributed by atoms with E-state index in [0.29, 0.717) is 19.0 Å². The number of ether oxygens (including phenoxy) is 1. The third-order valence-corrected chi connectivity index (χ3v) is 4.70. The first-order valence-corrected chi connectivity index (χ1v) is 9.58. The van der Waals surface area contributed by atoms with E-state index in [1.165, 1.54) is 5.56 Å². The maximum absolute atomic E-state index is 5.61. The van der Waals surface area contributed by atoms with E-state index >= 15 is 0 Å². The summed E-state index contributed by atoms with van der Waals surface area (Å²) >= 11 is 0. The van der Waals surface area contributed by atoms with E-state index < -0.39 is 0 Å². The van der Waals surface area contributed by atoms with Crippen LogP contribution in [0.1, 0.15) is 18.1 Å². The van der Waals surface area contributed by atoms with Crippen molar-refractivity contribution in [1.82, 2.24) is 20.1 Å². The summed E-state index contributed by atoms with van der Waals surface area (Å²) in [6, 6.07) is 14.6. The molecule has 1 N–H and O–H groups in total. The second-order valence-electron chi connectivity index (χ2n) is 6.55. The Morgan fingerprint density at radius 2 is 1.89 bits per heavy atom. The highest BCUT2D eigenvalue weighted by atomic mass is 16.5. The number of nitrogens with one attached hydrogen (secondary N) is 1. The molecule has 6 nitrogen and oxygen atoms in total. The van der Waals surface area contributed by atoms with Gasteiger partial charge in [0.2, 0.25) is 5.88 Å². The molecule has 0 aliphatic carbocycles. The molecule has 1 aromatic carbocycles. The minimum atomic E-state index is 0.613. The minimum Gasteiger partial charge on any atom is -0.478 e. The highest BCUT2D eigenvalue weighted by Crippen LogP contribution is 2.14. The van der Waals surface area contributed by atoms with Crippen molar-refractivity contribution in [3.63, 3.8) is 0 Å². The molecule has 1 aliphatic heterocycles. The van der Waals surface area contributed by atoms with E-state index in [4.69, 9.17) is 4.74 Å². The number of guanidine groups is 1.